The number of hydrogen-bond acceptors (Lipinski definition) is 14. The highest BCUT2D eigenvalue weighted by Gasteiger charge is 2.18. The Morgan fingerprint density at radius 3 is 1.93 bits per heavy atom. The van der Waals surface area contributed by atoms with E-state index in [4.69, 9.17) is 57.9 Å². The summed E-state index contributed by atoms with van der Waals surface area (Å²) < 4.78 is 23.0. The highest BCUT2D eigenvalue weighted by molar-refractivity contribution is 7.98. The Morgan fingerprint density at radius 2 is 1.31 bits per heavy atom. The van der Waals surface area contributed by atoms with E-state index >= 15 is 0 Å². The quantitative estimate of drug-likeness (QED) is 0.0363. The topological polar surface area (TPSA) is 354 Å². The lowest BCUT2D eigenvalue weighted by Gasteiger charge is -2.12. The van der Waals surface area contributed by atoms with Crippen LogP contribution in [0.5, 0.6) is 17.2 Å². The average molecular weight is 1010 g/mol. The van der Waals surface area contributed by atoms with Crippen LogP contribution in [0.3, 0.4) is 0 Å². The molecule has 1 aliphatic heterocycles. The van der Waals surface area contributed by atoms with Crippen LogP contribution in [-0.2, 0) is 55.7 Å². The molecule has 0 saturated carbocycles. The number of H-pyrrole nitrogens is 2. The molecule has 21 heteroatoms. The minimum Gasteiger partial charge on any atom is -0.508 e. The molecule has 2 aromatic heterocycles. The number of carboxylic acids is 4. The Hall–Kier alpha value is -5.97. The normalized spacial score (nSPS) is 13.7. The number of aromatic nitrogens is 3. The number of nitrogens with zero attached hydrogens (tertiary/aromatic N) is 1. The largest absolute Gasteiger partial charge is 0.508 e. The SMILES string of the molecule is CCCCCCCCS(=O)C(C)Cc1ccc2c(c1)OCO2.CSCC[C@H](N)C(=O)O.N[C@@H](Cc1c[nH]c2ccccc12)C(=O)O.N[C@@H](Cc1ccc(O)cc1)C(=O)O.N[C@@H](Cc1cnc[nH]1)C(=O)O. The number of aromatic hydroxyl groups is 1. The second-order valence-electron chi connectivity index (χ2n) is 16.3. The van der Waals surface area contributed by atoms with Crippen LogP contribution in [0.4, 0.5) is 0 Å². The maximum absolute atomic E-state index is 12.3. The number of ether oxygens (including phenoxy) is 2. The van der Waals surface area contributed by atoms with Crippen molar-refractivity contribution >= 4 is 57.3 Å². The van der Waals surface area contributed by atoms with E-state index in [9.17, 15) is 23.4 Å². The summed E-state index contributed by atoms with van der Waals surface area (Å²) in [5, 5.41) is 44.1. The number of carbonyl (C=O) groups is 4. The predicted octanol–water partition coefficient (Wildman–Crippen LogP) is 5.44. The molecule has 70 heavy (non-hydrogen) atoms. The summed E-state index contributed by atoms with van der Waals surface area (Å²) >= 11 is 1.60. The molecule has 3 heterocycles. The monoisotopic (exact) mass is 1010 g/mol. The molecule has 0 fully saturated rings. The number of thioether (sulfide) groups is 1. The van der Waals surface area contributed by atoms with Gasteiger partial charge >= 0.3 is 23.9 Å². The molecular formula is C49H71N7O12S2. The first-order valence-electron chi connectivity index (χ1n) is 22.8. The van der Waals surface area contributed by atoms with E-state index in [-0.39, 0.29) is 23.8 Å². The second-order valence-corrected chi connectivity index (χ2v) is 19.3. The van der Waals surface area contributed by atoms with Crippen LogP contribution in [0, 0.1) is 0 Å². The first-order valence-corrected chi connectivity index (χ1v) is 25.6. The molecule has 6 atom stereocenters. The molecule has 0 spiro atoms. The number of para-hydroxylation sites is 1. The molecule has 0 bridgehead atoms. The summed E-state index contributed by atoms with van der Waals surface area (Å²) in [5.41, 5.74) is 25.9. The van der Waals surface area contributed by atoms with Gasteiger partial charge in [0.2, 0.25) is 6.79 Å². The van der Waals surface area contributed by atoms with Gasteiger partial charge in [-0.3, -0.25) is 23.4 Å². The van der Waals surface area contributed by atoms with Gasteiger partial charge < -0.3 is 67.9 Å². The predicted molar refractivity (Wildman–Crippen MR) is 274 cm³/mol. The number of phenols is 1. The van der Waals surface area contributed by atoms with Gasteiger partial charge in [-0.25, -0.2) is 4.98 Å². The molecular weight excluding hydrogens is 943 g/mol. The smallest absolute Gasteiger partial charge is 0.320 e. The van der Waals surface area contributed by atoms with Crippen molar-refractivity contribution in [1.29, 1.82) is 0 Å². The van der Waals surface area contributed by atoms with Crippen LogP contribution in [-0.4, -0.2) is 123 Å². The summed E-state index contributed by atoms with van der Waals surface area (Å²) in [6.45, 7) is 4.61. The van der Waals surface area contributed by atoms with Crippen molar-refractivity contribution in [3.8, 4) is 17.2 Å². The maximum Gasteiger partial charge on any atom is 0.320 e. The summed E-state index contributed by atoms with van der Waals surface area (Å²) in [6.07, 6.45) is 16.6. The lowest BCUT2D eigenvalue weighted by Crippen LogP contribution is -2.32. The zero-order valence-corrected chi connectivity index (χ0v) is 41.7. The van der Waals surface area contributed by atoms with Crippen LogP contribution in [0.15, 0.2) is 85.5 Å². The van der Waals surface area contributed by atoms with Crippen LogP contribution in [0.2, 0.25) is 0 Å². The van der Waals surface area contributed by atoms with E-state index in [0.717, 1.165) is 63.6 Å². The molecule has 2 unspecified atom stereocenters. The summed E-state index contributed by atoms with van der Waals surface area (Å²) in [6, 6.07) is 16.8. The molecule has 0 saturated heterocycles. The average Bonchev–Trinajstić information content (AvgIpc) is 4.13. The van der Waals surface area contributed by atoms with Gasteiger partial charge in [-0.15, -0.1) is 0 Å². The fourth-order valence-electron chi connectivity index (χ4n) is 6.41. The number of benzene rings is 3. The van der Waals surface area contributed by atoms with Gasteiger partial charge in [0.25, 0.3) is 0 Å². The number of rotatable bonds is 23. The number of nitrogens with two attached hydrogens (primary N) is 4. The Labute approximate surface area is 415 Å². The standard InChI is InChI=1S/C18H28O3S.C11H12N2O2.C9H11NO3.C6H9N3O2.C5H11NO2S/c1-3-4-5-6-7-8-11-22(19)15(2)12-16-9-10-17-18(13-16)21-14-20-17;12-9(11(14)15)5-7-6-13-10-4-2-1-3-8(7)10;10-8(9(12)13)5-6-1-3-7(11)4-2-6;7-5(6(10)11)1-4-2-8-3-9-4;1-9-3-2-4(6)5(7)8/h9-10,13,15H,3-8,11-12,14H2,1-2H3;1-4,6,9,13H,5,12H2,(H,14,15);1-4,8,11H,5,10H2,(H,12,13);2-3,5H,1,7H2,(H,8,9)(H,10,11);4H,2-3,6H2,1H3,(H,7,8)/t;9-;8-;5-;4-/m.0000/s1. The fourth-order valence-corrected chi connectivity index (χ4v) is 8.16. The van der Waals surface area contributed by atoms with Crippen molar-refractivity contribution in [2.24, 2.45) is 22.9 Å². The first kappa shape index (κ1) is 60.2. The molecule has 1 aliphatic rings. The first-order chi connectivity index (χ1) is 33.4. The van der Waals surface area contributed by atoms with E-state index < -0.39 is 58.8 Å². The lowest BCUT2D eigenvalue weighted by molar-refractivity contribution is -0.139. The van der Waals surface area contributed by atoms with Crippen molar-refractivity contribution in [3.63, 3.8) is 0 Å². The molecule has 3 aromatic carbocycles. The molecule has 5 aromatic rings. The van der Waals surface area contributed by atoms with E-state index in [1.165, 1.54) is 56.1 Å². The van der Waals surface area contributed by atoms with Crippen LogP contribution in [0.25, 0.3) is 10.9 Å². The minimum absolute atomic E-state index is 0.160. The van der Waals surface area contributed by atoms with E-state index in [0.29, 0.717) is 19.6 Å². The van der Waals surface area contributed by atoms with Gasteiger partial charge in [-0.1, -0.05) is 82.3 Å². The third-order valence-electron chi connectivity index (χ3n) is 10.5. The van der Waals surface area contributed by atoms with Gasteiger partial charge in [0.15, 0.2) is 11.5 Å². The Kier molecular flexibility index (Phi) is 28.8. The van der Waals surface area contributed by atoms with Crippen molar-refractivity contribution < 1.29 is 58.4 Å². The number of fused-ring (bicyclic) bond motifs is 2. The molecule has 19 nitrogen and oxygen atoms in total. The molecule has 15 N–H and O–H groups in total. The van der Waals surface area contributed by atoms with Gasteiger partial charge in [0.1, 0.15) is 29.9 Å². The number of unbranched alkanes of at least 4 members (excludes halogenated alkanes) is 5. The van der Waals surface area contributed by atoms with Gasteiger partial charge in [-0.2, -0.15) is 11.8 Å². The zero-order chi connectivity index (χ0) is 52.0. The van der Waals surface area contributed by atoms with Crippen molar-refractivity contribution in [1.82, 2.24) is 15.0 Å². The summed E-state index contributed by atoms with van der Waals surface area (Å²) in [4.78, 5) is 50.9. The van der Waals surface area contributed by atoms with Gasteiger partial charge in [-0.05, 0) is 84.7 Å². The van der Waals surface area contributed by atoms with Crippen LogP contribution < -0.4 is 32.4 Å². The van der Waals surface area contributed by atoms with Crippen molar-refractivity contribution in [2.45, 2.75) is 114 Å². The number of imidazole rings is 1. The second kappa shape index (κ2) is 33.5. The third kappa shape index (κ3) is 24.0. The van der Waals surface area contributed by atoms with E-state index in [1.54, 1.807) is 30.1 Å². The van der Waals surface area contributed by atoms with Crippen molar-refractivity contribution in [2.75, 3.05) is 24.6 Å². The van der Waals surface area contributed by atoms with Crippen molar-refractivity contribution in [3.05, 3.63) is 108 Å². The molecule has 0 radical (unpaired) electrons. The van der Waals surface area contributed by atoms with Crippen LogP contribution >= 0.6 is 11.8 Å². The number of carboxylic acid groups (broad SMARTS) is 4. The Balaban J connectivity index is 0.000000311. The molecule has 0 aliphatic carbocycles. The minimum atomic E-state index is -1.02. The molecule has 0 amide bonds. The third-order valence-corrected chi connectivity index (χ3v) is 12.9. The maximum atomic E-state index is 12.3. The highest BCUT2D eigenvalue weighted by Crippen LogP contribution is 2.33. The number of nitrogens with one attached hydrogen (secondary N) is 2. The Bertz CT molecular complexity index is 2320. The fraction of sp³-hybridized carbons (Fsp3) is 0.449. The van der Waals surface area contributed by atoms with Gasteiger partial charge in [0.05, 0.1) is 6.33 Å². The highest BCUT2D eigenvalue weighted by atomic mass is 32.2. The van der Waals surface area contributed by atoms with Gasteiger partial charge in [0, 0.05) is 63.6 Å². The molecule has 386 valence electrons. The lowest BCUT2D eigenvalue weighted by atomic mass is 10.1. The number of aliphatic carboxylic acids is 4. The zero-order valence-electron chi connectivity index (χ0n) is 40.0. The Morgan fingerprint density at radius 1 is 0.729 bits per heavy atom. The van der Waals surface area contributed by atoms with Crippen LogP contribution in [0.1, 0.15) is 81.2 Å². The molecule has 6 rings (SSSR count). The van der Waals surface area contributed by atoms with E-state index in [2.05, 4.69) is 28.8 Å². The summed E-state index contributed by atoms with van der Waals surface area (Å²) in [5.74, 6) is -0.480. The number of hydrogen-bond donors (Lipinski definition) is 11. The number of phenolic OH excluding ortho intramolecular Hbond substituents is 1. The van der Waals surface area contributed by atoms with E-state index in [1.807, 2.05) is 54.9 Å². The number of aromatic amines is 2. The summed E-state index contributed by atoms with van der Waals surface area (Å²) in [7, 11) is -0.743.